The van der Waals surface area contributed by atoms with E-state index in [1.54, 1.807) is 6.92 Å². The molecule has 1 amide bonds. The van der Waals surface area contributed by atoms with E-state index < -0.39 is 23.4 Å². The van der Waals surface area contributed by atoms with Crippen LogP contribution in [0.2, 0.25) is 0 Å². The van der Waals surface area contributed by atoms with Gasteiger partial charge in [0.1, 0.15) is 5.60 Å². The van der Waals surface area contributed by atoms with Crippen LogP contribution in [0.25, 0.3) is 0 Å². The molecule has 0 radical (unpaired) electrons. The molecule has 0 spiro atoms. The molecule has 0 saturated carbocycles. The zero-order chi connectivity index (χ0) is 15.7. The number of nitrogens with zero attached hydrogens (tertiary/aromatic N) is 1. The number of halogens is 3. The Bertz CT molecular complexity index is 516. The molecule has 1 saturated heterocycles. The standard InChI is InChI=1S/C14H17F3N2O2/c1-13(7-2-8-18)9-19(12(20)21-13)11-5-3-10(4-6-11)14(15,16)17/h3-6H,2,7-9,18H2,1H3. The van der Waals surface area contributed by atoms with Crippen LogP contribution >= 0.6 is 0 Å². The predicted molar refractivity (Wildman–Crippen MR) is 72.0 cm³/mol. The Balaban J connectivity index is 2.14. The lowest BCUT2D eigenvalue weighted by molar-refractivity contribution is -0.137. The summed E-state index contributed by atoms with van der Waals surface area (Å²) in [6, 6.07) is 4.47. The van der Waals surface area contributed by atoms with Crippen LogP contribution in [0.1, 0.15) is 25.3 Å². The Hall–Kier alpha value is -1.76. The van der Waals surface area contributed by atoms with Crippen LogP contribution in [0.4, 0.5) is 23.7 Å². The summed E-state index contributed by atoms with van der Waals surface area (Å²) in [7, 11) is 0. The first-order valence-electron chi connectivity index (χ1n) is 6.63. The minimum absolute atomic E-state index is 0.303. The van der Waals surface area contributed by atoms with Crippen molar-refractivity contribution in [2.75, 3.05) is 18.0 Å². The molecule has 1 aliphatic rings. The minimum Gasteiger partial charge on any atom is -0.441 e. The number of cyclic esters (lactones) is 1. The van der Waals surface area contributed by atoms with Crippen LogP contribution in [-0.4, -0.2) is 24.8 Å². The molecule has 0 aromatic heterocycles. The summed E-state index contributed by atoms with van der Waals surface area (Å²) in [5.41, 5.74) is 4.44. The molecule has 1 atom stereocenters. The maximum Gasteiger partial charge on any atom is 0.416 e. The topological polar surface area (TPSA) is 55.6 Å². The van der Waals surface area contributed by atoms with Crippen molar-refractivity contribution >= 4 is 11.8 Å². The number of rotatable bonds is 4. The number of amides is 1. The number of carbonyl (C=O) groups is 1. The van der Waals surface area contributed by atoms with Crippen molar-refractivity contribution in [1.29, 1.82) is 0 Å². The smallest absolute Gasteiger partial charge is 0.416 e. The highest BCUT2D eigenvalue weighted by molar-refractivity contribution is 5.90. The summed E-state index contributed by atoms with van der Waals surface area (Å²) in [6.07, 6.45) is -3.61. The third kappa shape index (κ3) is 3.47. The maximum atomic E-state index is 12.5. The van der Waals surface area contributed by atoms with Crippen LogP contribution in [-0.2, 0) is 10.9 Å². The van der Waals surface area contributed by atoms with Crippen molar-refractivity contribution in [1.82, 2.24) is 0 Å². The zero-order valence-corrected chi connectivity index (χ0v) is 11.6. The van der Waals surface area contributed by atoms with E-state index in [1.807, 2.05) is 0 Å². The van der Waals surface area contributed by atoms with Crippen molar-refractivity contribution in [2.24, 2.45) is 5.73 Å². The summed E-state index contributed by atoms with van der Waals surface area (Å²) in [6.45, 7) is 2.59. The molecule has 1 aliphatic heterocycles. The fourth-order valence-electron chi connectivity index (χ4n) is 2.33. The predicted octanol–water partition coefficient (Wildman–Crippen LogP) is 3.16. The largest absolute Gasteiger partial charge is 0.441 e. The molecule has 1 aromatic rings. The summed E-state index contributed by atoms with van der Waals surface area (Å²) < 4.78 is 42.9. The number of hydrogen-bond donors (Lipinski definition) is 1. The van der Waals surface area contributed by atoms with Gasteiger partial charge in [0.2, 0.25) is 0 Å². The summed E-state index contributed by atoms with van der Waals surface area (Å²) in [4.78, 5) is 13.2. The number of benzene rings is 1. The average Bonchev–Trinajstić information content (AvgIpc) is 2.72. The summed E-state index contributed by atoms with van der Waals surface area (Å²) in [5, 5.41) is 0. The third-order valence-electron chi connectivity index (χ3n) is 3.46. The second kappa shape index (κ2) is 5.55. The van der Waals surface area contributed by atoms with Gasteiger partial charge in [-0.25, -0.2) is 4.79 Å². The molecular weight excluding hydrogens is 285 g/mol. The fraction of sp³-hybridized carbons (Fsp3) is 0.500. The quantitative estimate of drug-likeness (QED) is 0.929. The average molecular weight is 302 g/mol. The Morgan fingerprint density at radius 3 is 2.48 bits per heavy atom. The van der Waals surface area contributed by atoms with E-state index in [0.29, 0.717) is 31.6 Å². The lowest BCUT2D eigenvalue weighted by Crippen LogP contribution is -2.32. The van der Waals surface area contributed by atoms with Gasteiger partial charge in [0, 0.05) is 5.69 Å². The van der Waals surface area contributed by atoms with Gasteiger partial charge < -0.3 is 10.5 Å². The van der Waals surface area contributed by atoms with Crippen molar-refractivity contribution in [3.05, 3.63) is 29.8 Å². The van der Waals surface area contributed by atoms with Gasteiger partial charge in [0.15, 0.2) is 0 Å². The monoisotopic (exact) mass is 302 g/mol. The van der Waals surface area contributed by atoms with Gasteiger partial charge in [-0.05, 0) is 50.6 Å². The third-order valence-corrected chi connectivity index (χ3v) is 3.46. The van der Waals surface area contributed by atoms with Gasteiger partial charge in [-0.15, -0.1) is 0 Å². The number of carbonyl (C=O) groups excluding carboxylic acids is 1. The minimum atomic E-state index is -4.39. The number of nitrogens with two attached hydrogens (primary N) is 1. The molecule has 7 heteroatoms. The van der Waals surface area contributed by atoms with Crippen LogP contribution < -0.4 is 10.6 Å². The van der Waals surface area contributed by atoms with Crippen molar-refractivity contribution in [3.8, 4) is 0 Å². The lowest BCUT2D eigenvalue weighted by atomic mass is 10.00. The Morgan fingerprint density at radius 2 is 1.95 bits per heavy atom. The highest BCUT2D eigenvalue weighted by atomic mass is 19.4. The Morgan fingerprint density at radius 1 is 1.33 bits per heavy atom. The van der Waals surface area contributed by atoms with E-state index in [-0.39, 0.29) is 0 Å². The highest BCUT2D eigenvalue weighted by Gasteiger charge is 2.41. The number of ether oxygens (including phenoxy) is 1. The van der Waals surface area contributed by atoms with E-state index in [0.717, 1.165) is 12.1 Å². The molecule has 1 aromatic carbocycles. The number of anilines is 1. The molecule has 2 rings (SSSR count). The Kier molecular flexibility index (Phi) is 4.13. The van der Waals surface area contributed by atoms with E-state index >= 15 is 0 Å². The first-order valence-corrected chi connectivity index (χ1v) is 6.63. The van der Waals surface area contributed by atoms with Gasteiger partial charge in [-0.2, -0.15) is 13.2 Å². The van der Waals surface area contributed by atoms with Gasteiger partial charge in [-0.3, -0.25) is 4.90 Å². The van der Waals surface area contributed by atoms with E-state index in [1.165, 1.54) is 17.0 Å². The molecule has 1 unspecified atom stereocenters. The van der Waals surface area contributed by atoms with Gasteiger partial charge in [-0.1, -0.05) is 0 Å². The second-order valence-electron chi connectivity index (χ2n) is 5.34. The van der Waals surface area contributed by atoms with E-state index in [9.17, 15) is 18.0 Å². The molecule has 4 nitrogen and oxygen atoms in total. The normalized spacial score (nSPS) is 22.5. The molecule has 0 bridgehead atoms. The van der Waals surface area contributed by atoms with Crippen molar-refractivity contribution < 1.29 is 22.7 Å². The Labute approximate surface area is 120 Å². The van der Waals surface area contributed by atoms with Crippen LogP contribution in [0.5, 0.6) is 0 Å². The van der Waals surface area contributed by atoms with Crippen molar-refractivity contribution in [3.63, 3.8) is 0 Å². The first-order chi connectivity index (χ1) is 9.75. The number of hydrogen-bond acceptors (Lipinski definition) is 3. The van der Waals surface area contributed by atoms with Crippen LogP contribution in [0.3, 0.4) is 0 Å². The molecule has 1 fully saturated rings. The first kappa shape index (κ1) is 15.6. The molecule has 0 aliphatic carbocycles. The van der Waals surface area contributed by atoms with Gasteiger partial charge >= 0.3 is 12.3 Å². The molecular formula is C14H17F3N2O2. The zero-order valence-electron chi connectivity index (χ0n) is 11.6. The molecule has 116 valence electrons. The van der Waals surface area contributed by atoms with Gasteiger partial charge in [0.25, 0.3) is 0 Å². The van der Waals surface area contributed by atoms with Crippen LogP contribution in [0.15, 0.2) is 24.3 Å². The van der Waals surface area contributed by atoms with E-state index in [2.05, 4.69) is 0 Å². The van der Waals surface area contributed by atoms with Crippen LogP contribution in [0, 0.1) is 0 Å². The highest BCUT2D eigenvalue weighted by Crippen LogP contribution is 2.34. The SMILES string of the molecule is CC1(CCCN)CN(c2ccc(C(F)(F)F)cc2)C(=O)O1. The second-order valence-corrected chi connectivity index (χ2v) is 5.34. The maximum absolute atomic E-state index is 12.5. The fourth-order valence-corrected chi connectivity index (χ4v) is 2.33. The summed E-state index contributed by atoms with van der Waals surface area (Å²) >= 11 is 0. The van der Waals surface area contributed by atoms with Crippen molar-refractivity contribution in [2.45, 2.75) is 31.5 Å². The number of alkyl halides is 3. The molecule has 21 heavy (non-hydrogen) atoms. The summed E-state index contributed by atoms with van der Waals surface area (Å²) in [5.74, 6) is 0. The molecule has 2 N–H and O–H groups in total. The van der Waals surface area contributed by atoms with Gasteiger partial charge in [0.05, 0.1) is 12.1 Å². The lowest BCUT2D eigenvalue weighted by Gasteiger charge is -2.21. The van der Waals surface area contributed by atoms with E-state index in [4.69, 9.17) is 10.5 Å². The molecule has 1 heterocycles.